The molecule has 0 amide bonds. The van der Waals surface area contributed by atoms with Gasteiger partial charge in [-0.25, -0.2) is 13.2 Å². The SMILES string of the molecule is CCC(Nc1cccc(S(C)(=O)=O)c1)C(=O)OC. The van der Waals surface area contributed by atoms with Gasteiger partial charge in [0.1, 0.15) is 6.04 Å². The molecule has 6 heteroatoms. The Labute approximate surface area is 107 Å². The molecule has 0 fully saturated rings. The van der Waals surface area contributed by atoms with Crippen LogP contribution in [0.5, 0.6) is 0 Å². The Morgan fingerprint density at radius 2 is 2.11 bits per heavy atom. The molecule has 0 aliphatic heterocycles. The zero-order valence-electron chi connectivity index (χ0n) is 10.6. The Morgan fingerprint density at radius 1 is 1.44 bits per heavy atom. The summed E-state index contributed by atoms with van der Waals surface area (Å²) >= 11 is 0. The van der Waals surface area contributed by atoms with E-state index in [0.29, 0.717) is 12.1 Å². The molecule has 18 heavy (non-hydrogen) atoms. The number of methoxy groups -OCH3 is 1. The van der Waals surface area contributed by atoms with Gasteiger partial charge in [-0.15, -0.1) is 0 Å². The molecule has 0 aliphatic carbocycles. The summed E-state index contributed by atoms with van der Waals surface area (Å²) in [6.07, 6.45) is 1.69. The van der Waals surface area contributed by atoms with Crippen molar-refractivity contribution in [3.8, 4) is 0 Å². The van der Waals surface area contributed by atoms with Gasteiger partial charge in [-0.05, 0) is 24.6 Å². The van der Waals surface area contributed by atoms with E-state index in [4.69, 9.17) is 0 Å². The number of ether oxygens (including phenoxy) is 1. The van der Waals surface area contributed by atoms with E-state index >= 15 is 0 Å². The van der Waals surface area contributed by atoms with E-state index in [9.17, 15) is 13.2 Å². The van der Waals surface area contributed by atoms with Crippen molar-refractivity contribution in [2.75, 3.05) is 18.7 Å². The molecule has 1 unspecified atom stereocenters. The van der Waals surface area contributed by atoms with E-state index in [2.05, 4.69) is 10.1 Å². The van der Waals surface area contributed by atoms with Crippen molar-refractivity contribution in [3.05, 3.63) is 24.3 Å². The minimum Gasteiger partial charge on any atom is -0.467 e. The lowest BCUT2D eigenvalue weighted by atomic mass is 10.2. The van der Waals surface area contributed by atoms with Crippen LogP contribution in [0.25, 0.3) is 0 Å². The van der Waals surface area contributed by atoms with Crippen molar-refractivity contribution in [1.29, 1.82) is 0 Å². The molecule has 0 bridgehead atoms. The van der Waals surface area contributed by atoms with Gasteiger partial charge < -0.3 is 10.1 Å². The number of esters is 1. The fourth-order valence-electron chi connectivity index (χ4n) is 1.49. The molecule has 0 aromatic heterocycles. The van der Waals surface area contributed by atoms with Crippen LogP contribution in [0.2, 0.25) is 0 Å². The maximum atomic E-state index is 11.4. The molecule has 0 saturated heterocycles. The van der Waals surface area contributed by atoms with E-state index in [0.717, 1.165) is 6.26 Å². The Balaban J connectivity index is 2.94. The van der Waals surface area contributed by atoms with Gasteiger partial charge in [-0.2, -0.15) is 0 Å². The summed E-state index contributed by atoms with van der Waals surface area (Å²) in [6, 6.07) is 5.87. The van der Waals surface area contributed by atoms with E-state index < -0.39 is 15.9 Å². The summed E-state index contributed by atoms with van der Waals surface area (Å²) in [5, 5.41) is 2.95. The standard InChI is InChI=1S/C12H17NO4S/c1-4-11(12(14)17-2)13-9-6-5-7-10(8-9)18(3,15)16/h5-8,11,13H,4H2,1-3H3. The lowest BCUT2D eigenvalue weighted by Crippen LogP contribution is -2.29. The first-order valence-corrected chi connectivity index (χ1v) is 7.42. The van der Waals surface area contributed by atoms with E-state index in [1.807, 2.05) is 6.92 Å². The predicted molar refractivity (Wildman–Crippen MR) is 69.3 cm³/mol. The second kappa shape index (κ2) is 5.86. The van der Waals surface area contributed by atoms with Crippen molar-refractivity contribution in [2.24, 2.45) is 0 Å². The fraction of sp³-hybridized carbons (Fsp3) is 0.417. The minimum atomic E-state index is -3.25. The third kappa shape index (κ3) is 3.73. The van der Waals surface area contributed by atoms with Crippen LogP contribution >= 0.6 is 0 Å². The van der Waals surface area contributed by atoms with Crippen LogP contribution in [-0.4, -0.2) is 33.8 Å². The van der Waals surface area contributed by atoms with Crippen molar-refractivity contribution in [3.63, 3.8) is 0 Å². The minimum absolute atomic E-state index is 0.215. The second-order valence-corrected chi connectivity index (χ2v) is 5.94. The third-order valence-corrected chi connectivity index (χ3v) is 3.61. The first-order valence-electron chi connectivity index (χ1n) is 5.53. The predicted octanol–water partition coefficient (Wildman–Crippen LogP) is 1.45. The van der Waals surface area contributed by atoms with Crippen LogP contribution in [0, 0.1) is 0 Å². The molecule has 1 aromatic carbocycles. The monoisotopic (exact) mass is 271 g/mol. The van der Waals surface area contributed by atoms with Gasteiger partial charge in [0.2, 0.25) is 0 Å². The number of nitrogens with one attached hydrogen (secondary N) is 1. The highest BCUT2D eigenvalue weighted by Gasteiger charge is 2.17. The largest absolute Gasteiger partial charge is 0.467 e. The average Bonchev–Trinajstić information content (AvgIpc) is 2.34. The summed E-state index contributed by atoms with van der Waals surface area (Å²) < 4.78 is 27.5. The van der Waals surface area contributed by atoms with Gasteiger partial charge in [0, 0.05) is 11.9 Å². The Bertz CT molecular complexity index is 525. The molecule has 0 saturated carbocycles. The van der Waals surface area contributed by atoms with Crippen LogP contribution in [0.4, 0.5) is 5.69 Å². The first kappa shape index (κ1) is 14.5. The summed E-state index contributed by atoms with van der Waals surface area (Å²) in [7, 11) is -1.93. The van der Waals surface area contributed by atoms with Crippen molar-refractivity contribution < 1.29 is 17.9 Å². The van der Waals surface area contributed by atoms with Gasteiger partial charge in [0.25, 0.3) is 0 Å². The zero-order chi connectivity index (χ0) is 13.8. The summed E-state index contributed by atoms with van der Waals surface area (Å²) in [5.74, 6) is -0.373. The highest BCUT2D eigenvalue weighted by Crippen LogP contribution is 2.17. The Morgan fingerprint density at radius 3 is 2.61 bits per heavy atom. The van der Waals surface area contributed by atoms with Crippen LogP contribution in [0.3, 0.4) is 0 Å². The molecular formula is C12H17NO4S. The number of benzene rings is 1. The molecule has 1 N–H and O–H groups in total. The Kier molecular flexibility index (Phi) is 4.72. The topological polar surface area (TPSA) is 72.5 Å². The Hall–Kier alpha value is -1.56. The van der Waals surface area contributed by atoms with Crippen molar-refractivity contribution in [2.45, 2.75) is 24.3 Å². The molecule has 1 atom stereocenters. The van der Waals surface area contributed by atoms with E-state index in [1.54, 1.807) is 12.1 Å². The summed E-state index contributed by atoms with van der Waals surface area (Å²) in [5.41, 5.74) is 0.579. The summed E-state index contributed by atoms with van der Waals surface area (Å²) in [4.78, 5) is 11.6. The molecule has 0 aliphatic rings. The maximum absolute atomic E-state index is 11.4. The van der Waals surface area contributed by atoms with Gasteiger partial charge in [-0.1, -0.05) is 13.0 Å². The fourth-order valence-corrected chi connectivity index (χ4v) is 2.15. The van der Waals surface area contributed by atoms with Crippen LogP contribution in [0.15, 0.2) is 29.2 Å². The van der Waals surface area contributed by atoms with Gasteiger partial charge >= 0.3 is 5.97 Å². The molecule has 0 spiro atoms. The summed E-state index contributed by atoms with van der Waals surface area (Å²) in [6.45, 7) is 1.84. The third-order valence-electron chi connectivity index (χ3n) is 2.50. The number of anilines is 1. The number of hydrogen-bond donors (Lipinski definition) is 1. The quantitative estimate of drug-likeness (QED) is 0.821. The van der Waals surface area contributed by atoms with Crippen molar-refractivity contribution >= 4 is 21.5 Å². The average molecular weight is 271 g/mol. The van der Waals surface area contributed by atoms with Gasteiger partial charge in [0.15, 0.2) is 9.84 Å². The molecule has 0 radical (unpaired) electrons. The molecule has 100 valence electrons. The van der Waals surface area contributed by atoms with Crippen molar-refractivity contribution in [1.82, 2.24) is 0 Å². The second-order valence-electron chi connectivity index (χ2n) is 3.93. The lowest BCUT2D eigenvalue weighted by Gasteiger charge is -2.16. The van der Waals surface area contributed by atoms with E-state index in [-0.39, 0.29) is 10.9 Å². The number of sulfone groups is 1. The number of rotatable bonds is 5. The lowest BCUT2D eigenvalue weighted by molar-refractivity contribution is -0.141. The highest BCUT2D eigenvalue weighted by molar-refractivity contribution is 7.90. The number of carbonyl (C=O) groups excluding carboxylic acids is 1. The van der Waals surface area contributed by atoms with Crippen LogP contribution < -0.4 is 5.32 Å². The van der Waals surface area contributed by atoms with Gasteiger partial charge in [-0.3, -0.25) is 0 Å². The highest BCUT2D eigenvalue weighted by atomic mass is 32.2. The number of hydrogen-bond acceptors (Lipinski definition) is 5. The normalized spacial score (nSPS) is 12.8. The maximum Gasteiger partial charge on any atom is 0.328 e. The molecule has 1 aromatic rings. The number of carbonyl (C=O) groups is 1. The van der Waals surface area contributed by atoms with Gasteiger partial charge in [0.05, 0.1) is 12.0 Å². The van der Waals surface area contributed by atoms with Crippen LogP contribution in [0.1, 0.15) is 13.3 Å². The van der Waals surface area contributed by atoms with Crippen LogP contribution in [-0.2, 0) is 19.4 Å². The molecular weight excluding hydrogens is 254 g/mol. The molecule has 1 rings (SSSR count). The van der Waals surface area contributed by atoms with E-state index in [1.165, 1.54) is 19.2 Å². The zero-order valence-corrected chi connectivity index (χ0v) is 11.5. The molecule has 0 heterocycles. The molecule has 5 nitrogen and oxygen atoms in total. The first-order chi connectivity index (χ1) is 8.38. The smallest absolute Gasteiger partial charge is 0.328 e.